The van der Waals surface area contributed by atoms with Crippen molar-refractivity contribution in [1.29, 1.82) is 0 Å². The van der Waals surface area contributed by atoms with Gasteiger partial charge in [-0.1, -0.05) is 30.1 Å². The molecule has 2 aromatic rings. The standard InChI is InChI=1S/C32H30N4O7/c1-16(37)31-23-9-4-2-3-5-10-24(39)32(31,43-31)20-15-22(38)25-26(27(20)36-23)28(40)18-12-11-17(14-19(18)29(25)41)35-30(42)21(34)8-6-7-13-33/h2-3,11-12,14-16,21,23-24,36-39H,6-8,13,33-34H2,1H3,(H,35,42)/t16-,21+,23+,24-,31+,32+/m1/s1. The second-order valence-electron chi connectivity index (χ2n) is 11.1. The molecule has 0 aromatic heterocycles. The number of phenolic OH excluding ortho intramolecular Hbond substituents is 1. The first-order valence-corrected chi connectivity index (χ1v) is 14.0. The van der Waals surface area contributed by atoms with Gasteiger partial charge in [0.2, 0.25) is 5.91 Å². The third-order valence-corrected chi connectivity index (χ3v) is 8.53. The number of aliphatic hydroxyl groups is 2. The van der Waals surface area contributed by atoms with Gasteiger partial charge in [-0.2, -0.15) is 0 Å². The molecule has 2 bridgehead atoms. The molecule has 9 N–H and O–H groups in total. The van der Waals surface area contributed by atoms with Crippen LogP contribution in [-0.2, 0) is 15.1 Å². The van der Waals surface area contributed by atoms with E-state index in [-0.39, 0.29) is 39.2 Å². The number of unbranched alkanes of at least 4 members (excludes halogenated alkanes) is 1. The molecule has 1 saturated heterocycles. The molecular weight excluding hydrogens is 552 g/mol. The molecule has 1 fully saturated rings. The molecule has 2 aliphatic heterocycles. The fourth-order valence-electron chi connectivity index (χ4n) is 6.39. The Balaban J connectivity index is 1.43. The zero-order chi connectivity index (χ0) is 30.7. The van der Waals surface area contributed by atoms with Crippen molar-refractivity contribution in [2.75, 3.05) is 17.2 Å². The number of allylic oxidation sites excluding steroid dienone is 2. The number of anilines is 2. The fourth-order valence-corrected chi connectivity index (χ4v) is 6.39. The van der Waals surface area contributed by atoms with Gasteiger partial charge in [-0.25, -0.2) is 0 Å². The van der Waals surface area contributed by atoms with E-state index in [4.69, 9.17) is 16.2 Å². The lowest BCUT2D eigenvalue weighted by molar-refractivity contribution is -0.117. The van der Waals surface area contributed by atoms with Crippen molar-refractivity contribution in [3.05, 3.63) is 64.2 Å². The van der Waals surface area contributed by atoms with Crippen LogP contribution in [-0.4, -0.2) is 69.2 Å². The molecule has 6 atom stereocenters. The molecule has 0 saturated carbocycles. The highest BCUT2D eigenvalue weighted by Crippen LogP contribution is 2.67. The van der Waals surface area contributed by atoms with Gasteiger partial charge in [0.25, 0.3) is 0 Å². The lowest BCUT2D eigenvalue weighted by atomic mass is 9.69. The van der Waals surface area contributed by atoms with Crippen molar-refractivity contribution in [2.24, 2.45) is 11.5 Å². The van der Waals surface area contributed by atoms with Gasteiger partial charge < -0.3 is 42.2 Å². The highest BCUT2D eigenvalue weighted by atomic mass is 16.7. The number of hydrogen-bond acceptors (Lipinski definition) is 10. The number of ketones is 2. The SMILES string of the molecule is C[C@@H](O)[C@@]12O[C@]13c1cc(O)c4c(c1N[C@H]2C#CC=CC#C[C@H]3O)C(=O)c1ccc(NC(=O)[C@@H](N)CCCCN)cc1C4=O. The highest BCUT2D eigenvalue weighted by molar-refractivity contribution is 6.31. The van der Waals surface area contributed by atoms with Crippen LogP contribution in [0.4, 0.5) is 11.4 Å². The minimum atomic E-state index is -1.65. The highest BCUT2D eigenvalue weighted by Gasteiger charge is 2.82. The molecule has 2 aromatic carbocycles. The molecule has 4 aliphatic rings. The Labute approximate surface area is 247 Å². The number of phenols is 1. The monoisotopic (exact) mass is 582 g/mol. The Morgan fingerprint density at radius 2 is 1.84 bits per heavy atom. The van der Waals surface area contributed by atoms with Crippen LogP contribution in [0.15, 0.2) is 36.4 Å². The van der Waals surface area contributed by atoms with Crippen molar-refractivity contribution in [2.45, 2.75) is 61.7 Å². The molecule has 1 amide bonds. The topological polar surface area (TPSA) is 201 Å². The van der Waals surface area contributed by atoms with E-state index in [9.17, 15) is 29.7 Å². The quantitative estimate of drug-likeness (QED) is 0.0897. The van der Waals surface area contributed by atoms with Crippen LogP contribution >= 0.6 is 0 Å². The number of epoxide rings is 1. The summed E-state index contributed by atoms with van der Waals surface area (Å²) in [6, 6.07) is 3.87. The van der Waals surface area contributed by atoms with Crippen LogP contribution in [0.2, 0.25) is 0 Å². The molecule has 43 heavy (non-hydrogen) atoms. The lowest BCUT2D eigenvalue weighted by Crippen LogP contribution is -2.54. The van der Waals surface area contributed by atoms with Crippen LogP contribution in [0.3, 0.4) is 0 Å². The van der Waals surface area contributed by atoms with E-state index >= 15 is 0 Å². The summed E-state index contributed by atoms with van der Waals surface area (Å²) in [5.41, 5.74) is 8.68. The molecule has 11 heteroatoms. The molecular formula is C32H30N4O7. The fraction of sp³-hybridized carbons (Fsp3) is 0.344. The number of rotatable bonds is 7. The van der Waals surface area contributed by atoms with E-state index < -0.39 is 58.7 Å². The summed E-state index contributed by atoms with van der Waals surface area (Å²) >= 11 is 0. The van der Waals surface area contributed by atoms with Crippen LogP contribution in [0.1, 0.15) is 63.6 Å². The first kappa shape index (κ1) is 28.6. The summed E-state index contributed by atoms with van der Waals surface area (Å²) in [5.74, 6) is 9.05. The van der Waals surface area contributed by atoms with Crippen molar-refractivity contribution >= 4 is 28.8 Å². The van der Waals surface area contributed by atoms with E-state index in [1.54, 1.807) is 0 Å². The largest absolute Gasteiger partial charge is 0.507 e. The van der Waals surface area contributed by atoms with Crippen LogP contribution in [0, 0.1) is 23.7 Å². The lowest BCUT2D eigenvalue weighted by Gasteiger charge is -2.37. The minimum Gasteiger partial charge on any atom is -0.507 e. The summed E-state index contributed by atoms with van der Waals surface area (Å²) in [7, 11) is 0. The van der Waals surface area contributed by atoms with E-state index in [2.05, 4.69) is 34.3 Å². The molecule has 11 nitrogen and oxygen atoms in total. The van der Waals surface area contributed by atoms with Gasteiger partial charge >= 0.3 is 0 Å². The molecule has 0 spiro atoms. The number of ether oxygens (including phenoxy) is 1. The Bertz CT molecular complexity index is 1740. The summed E-state index contributed by atoms with van der Waals surface area (Å²) in [5, 5.41) is 39.2. The van der Waals surface area contributed by atoms with Crippen molar-refractivity contribution < 1.29 is 34.4 Å². The summed E-state index contributed by atoms with van der Waals surface area (Å²) < 4.78 is 6.17. The van der Waals surface area contributed by atoms with E-state index in [0.29, 0.717) is 19.4 Å². The minimum absolute atomic E-state index is 0.00411. The van der Waals surface area contributed by atoms with Crippen molar-refractivity contribution in [3.63, 3.8) is 0 Å². The van der Waals surface area contributed by atoms with Crippen LogP contribution < -0.4 is 22.1 Å². The molecule has 0 unspecified atom stereocenters. The van der Waals surface area contributed by atoms with Gasteiger partial charge in [-0.05, 0) is 62.7 Å². The molecule has 220 valence electrons. The molecule has 2 aliphatic carbocycles. The molecule has 6 rings (SSSR count). The number of nitrogens with two attached hydrogens (primary N) is 2. The van der Waals surface area contributed by atoms with Gasteiger partial charge in [0.1, 0.15) is 11.8 Å². The van der Waals surface area contributed by atoms with Gasteiger partial charge in [-0.15, -0.1) is 0 Å². The Hall–Kier alpha value is -4.49. The number of benzene rings is 2. The number of hydrogen-bond donors (Lipinski definition) is 7. The maximum absolute atomic E-state index is 14.0. The Morgan fingerprint density at radius 3 is 2.56 bits per heavy atom. The van der Waals surface area contributed by atoms with Crippen LogP contribution in [0.5, 0.6) is 5.75 Å². The predicted molar refractivity (Wildman–Crippen MR) is 156 cm³/mol. The van der Waals surface area contributed by atoms with E-state index in [1.807, 2.05) is 0 Å². The van der Waals surface area contributed by atoms with Crippen LogP contribution in [0.25, 0.3) is 0 Å². The van der Waals surface area contributed by atoms with Gasteiger partial charge in [0.15, 0.2) is 28.9 Å². The van der Waals surface area contributed by atoms with E-state index in [1.165, 1.54) is 43.3 Å². The number of carbonyl (C=O) groups excluding carboxylic acids is 3. The molecule has 0 radical (unpaired) electrons. The number of aromatic hydroxyl groups is 1. The maximum Gasteiger partial charge on any atom is 0.241 e. The number of carbonyl (C=O) groups is 3. The first-order chi connectivity index (χ1) is 20.6. The number of amides is 1. The second-order valence-corrected chi connectivity index (χ2v) is 11.1. The number of nitrogens with one attached hydrogen (secondary N) is 2. The zero-order valence-electron chi connectivity index (χ0n) is 23.2. The molecule has 2 heterocycles. The number of aliphatic hydroxyl groups excluding tert-OH is 2. The normalized spacial score (nSPS) is 26.9. The summed E-state index contributed by atoms with van der Waals surface area (Å²) in [4.78, 5) is 40.5. The third-order valence-electron chi connectivity index (χ3n) is 8.53. The van der Waals surface area contributed by atoms with Gasteiger partial charge in [-0.3, -0.25) is 14.4 Å². The average molecular weight is 583 g/mol. The summed E-state index contributed by atoms with van der Waals surface area (Å²) in [6.45, 7) is 2.00. The predicted octanol–water partition coefficient (Wildman–Crippen LogP) is 0.639. The number of fused-ring (bicyclic) bond motifs is 4. The first-order valence-electron chi connectivity index (χ1n) is 14.0. The Kier molecular flexibility index (Phi) is 6.89. The van der Waals surface area contributed by atoms with Crippen molar-refractivity contribution in [3.8, 4) is 29.4 Å². The maximum atomic E-state index is 14.0. The zero-order valence-corrected chi connectivity index (χ0v) is 23.2. The summed E-state index contributed by atoms with van der Waals surface area (Å²) in [6.07, 6.45) is 2.21. The smallest absolute Gasteiger partial charge is 0.241 e. The Morgan fingerprint density at radius 1 is 1.12 bits per heavy atom. The second kappa shape index (κ2) is 10.3. The third kappa shape index (κ3) is 4.09. The van der Waals surface area contributed by atoms with Crippen molar-refractivity contribution in [1.82, 2.24) is 0 Å². The van der Waals surface area contributed by atoms with E-state index in [0.717, 1.165) is 6.42 Å². The average Bonchev–Trinajstić information content (AvgIpc) is 3.71. The van der Waals surface area contributed by atoms with Gasteiger partial charge in [0.05, 0.1) is 29.0 Å². The van der Waals surface area contributed by atoms with Gasteiger partial charge in [0, 0.05) is 22.4 Å².